The second-order valence-electron chi connectivity index (χ2n) is 5.27. The van der Waals surface area contributed by atoms with Crippen molar-refractivity contribution in [1.29, 1.82) is 0 Å². The first kappa shape index (κ1) is 17.2. The molecule has 0 fully saturated rings. The minimum atomic E-state index is -3.59. The van der Waals surface area contributed by atoms with E-state index in [-0.39, 0.29) is 24.7 Å². The molecule has 3 rings (SSSR count). The van der Waals surface area contributed by atoms with Crippen LogP contribution in [0.15, 0.2) is 51.8 Å². The molecule has 24 heavy (non-hydrogen) atoms. The van der Waals surface area contributed by atoms with Gasteiger partial charge in [-0.05, 0) is 48.4 Å². The molecule has 128 valence electrons. The van der Waals surface area contributed by atoms with Gasteiger partial charge in [-0.3, -0.25) is 0 Å². The third kappa shape index (κ3) is 3.89. The summed E-state index contributed by atoms with van der Waals surface area (Å²) in [7, 11) is -3.59. The zero-order chi connectivity index (χ0) is 17.2. The minimum absolute atomic E-state index is 0.119. The third-order valence-corrected chi connectivity index (χ3v) is 5.62. The third-order valence-electron chi connectivity index (χ3n) is 3.62. The second kappa shape index (κ2) is 7.10. The van der Waals surface area contributed by atoms with Crippen LogP contribution in [0.5, 0.6) is 11.5 Å². The van der Waals surface area contributed by atoms with Crippen molar-refractivity contribution < 1.29 is 23.0 Å². The maximum Gasteiger partial charge on any atom is 0.240 e. The van der Waals surface area contributed by atoms with E-state index < -0.39 is 16.1 Å². The fourth-order valence-electron chi connectivity index (χ4n) is 2.31. The van der Waals surface area contributed by atoms with Crippen molar-refractivity contribution in [3.05, 3.63) is 52.5 Å². The highest BCUT2D eigenvalue weighted by Crippen LogP contribution is 2.34. The lowest BCUT2D eigenvalue weighted by atomic mass is 10.1. The largest absolute Gasteiger partial charge is 0.454 e. The van der Waals surface area contributed by atoms with Gasteiger partial charge in [-0.1, -0.05) is 22.0 Å². The summed E-state index contributed by atoms with van der Waals surface area (Å²) in [5.74, 6) is 1.23. The molecule has 0 radical (unpaired) electrons. The molecule has 0 amide bonds. The fraction of sp³-hybridized carbons (Fsp3) is 0.250. The number of sulfonamides is 1. The number of hydrogen-bond acceptors (Lipinski definition) is 5. The Hall–Kier alpha value is -1.61. The van der Waals surface area contributed by atoms with Gasteiger partial charge in [-0.15, -0.1) is 0 Å². The van der Waals surface area contributed by atoms with E-state index in [1.54, 1.807) is 30.3 Å². The van der Waals surface area contributed by atoms with E-state index in [1.807, 2.05) is 0 Å². The first-order valence-corrected chi connectivity index (χ1v) is 9.56. The first-order chi connectivity index (χ1) is 11.5. The minimum Gasteiger partial charge on any atom is -0.454 e. The van der Waals surface area contributed by atoms with Crippen molar-refractivity contribution in [2.45, 2.75) is 17.4 Å². The first-order valence-electron chi connectivity index (χ1n) is 7.28. The number of ether oxygens (including phenoxy) is 2. The monoisotopic (exact) mass is 413 g/mol. The van der Waals surface area contributed by atoms with Gasteiger partial charge >= 0.3 is 0 Å². The Labute approximate surface area is 148 Å². The molecule has 6 nitrogen and oxygen atoms in total. The van der Waals surface area contributed by atoms with Crippen LogP contribution in [0.1, 0.15) is 18.1 Å². The van der Waals surface area contributed by atoms with Gasteiger partial charge in [0.1, 0.15) is 0 Å². The predicted molar refractivity (Wildman–Crippen MR) is 91.5 cm³/mol. The van der Waals surface area contributed by atoms with E-state index in [4.69, 9.17) is 9.47 Å². The normalized spacial score (nSPS) is 14.6. The molecule has 2 aromatic rings. The SMILES string of the molecule is O=S(=O)(NCCC(O)c1ccc2c(c1)OCO2)c1ccc(Br)cc1. The van der Waals surface area contributed by atoms with Crippen LogP contribution in [-0.4, -0.2) is 26.9 Å². The number of aliphatic hydroxyl groups excluding tert-OH is 1. The molecule has 0 bridgehead atoms. The standard InChI is InChI=1S/C16H16BrNO5S/c17-12-2-4-13(5-3-12)24(20,21)18-8-7-14(19)11-1-6-15-16(9-11)23-10-22-15/h1-6,9,14,18-19H,7-8,10H2. The summed E-state index contributed by atoms with van der Waals surface area (Å²) >= 11 is 3.26. The molecule has 1 aliphatic heterocycles. The molecular formula is C16H16BrNO5S. The van der Waals surface area contributed by atoms with E-state index in [1.165, 1.54) is 12.1 Å². The fourth-order valence-corrected chi connectivity index (χ4v) is 3.63. The van der Waals surface area contributed by atoms with Gasteiger partial charge in [0.2, 0.25) is 16.8 Å². The number of hydrogen-bond donors (Lipinski definition) is 2. The second-order valence-corrected chi connectivity index (χ2v) is 7.95. The Morgan fingerprint density at radius 1 is 1.12 bits per heavy atom. The van der Waals surface area contributed by atoms with Crippen molar-refractivity contribution in [1.82, 2.24) is 4.72 Å². The summed E-state index contributed by atoms with van der Waals surface area (Å²) in [6.07, 6.45) is -0.554. The molecule has 0 saturated heterocycles. The Bertz CT molecular complexity index is 823. The number of halogens is 1. The van der Waals surface area contributed by atoms with E-state index in [2.05, 4.69) is 20.7 Å². The van der Waals surface area contributed by atoms with Crippen molar-refractivity contribution in [3.8, 4) is 11.5 Å². The average Bonchev–Trinajstić information content (AvgIpc) is 3.02. The zero-order valence-corrected chi connectivity index (χ0v) is 15.0. The lowest BCUT2D eigenvalue weighted by molar-refractivity contribution is 0.166. The van der Waals surface area contributed by atoms with Gasteiger partial charge in [0.05, 0.1) is 11.0 Å². The Kier molecular flexibility index (Phi) is 5.09. The Morgan fingerprint density at radius 3 is 2.58 bits per heavy atom. The highest BCUT2D eigenvalue weighted by atomic mass is 79.9. The van der Waals surface area contributed by atoms with Gasteiger partial charge in [0.15, 0.2) is 11.5 Å². The lowest BCUT2D eigenvalue weighted by Gasteiger charge is -2.12. The molecule has 2 aromatic carbocycles. The maximum atomic E-state index is 12.2. The van der Waals surface area contributed by atoms with Crippen molar-refractivity contribution in [2.24, 2.45) is 0 Å². The molecule has 1 aliphatic rings. The molecule has 0 saturated carbocycles. The smallest absolute Gasteiger partial charge is 0.240 e. The highest BCUT2D eigenvalue weighted by Gasteiger charge is 2.18. The van der Waals surface area contributed by atoms with Gasteiger partial charge in [-0.2, -0.15) is 0 Å². The molecule has 0 aromatic heterocycles. The Balaban J connectivity index is 1.58. The highest BCUT2D eigenvalue weighted by molar-refractivity contribution is 9.10. The van der Waals surface area contributed by atoms with Crippen molar-refractivity contribution >= 4 is 26.0 Å². The molecular weight excluding hydrogens is 398 g/mol. The van der Waals surface area contributed by atoms with Crippen LogP contribution in [0.25, 0.3) is 0 Å². The molecule has 8 heteroatoms. The topological polar surface area (TPSA) is 84.9 Å². The van der Waals surface area contributed by atoms with Crippen LogP contribution in [0, 0.1) is 0 Å². The summed E-state index contributed by atoms with van der Waals surface area (Å²) in [5, 5.41) is 10.2. The maximum absolute atomic E-state index is 12.2. The van der Waals surface area contributed by atoms with Crippen molar-refractivity contribution in [2.75, 3.05) is 13.3 Å². The quantitative estimate of drug-likeness (QED) is 0.759. The number of fused-ring (bicyclic) bond motifs is 1. The van der Waals surface area contributed by atoms with Gasteiger partial charge in [0.25, 0.3) is 0 Å². The predicted octanol–water partition coefficient (Wildman–Crippen LogP) is 2.58. The average molecular weight is 414 g/mol. The van der Waals surface area contributed by atoms with E-state index in [0.29, 0.717) is 17.1 Å². The van der Waals surface area contributed by atoms with Gasteiger partial charge in [0, 0.05) is 11.0 Å². The summed E-state index contributed by atoms with van der Waals surface area (Å²) in [6, 6.07) is 11.5. The van der Waals surface area contributed by atoms with E-state index in [9.17, 15) is 13.5 Å². The van der Waals surface area contributed by atoms with Gasteiger partial charge in [-0.25, -0.2) is 13.1 Å². The van der Waals surface area contributed by atoms with Gasteiger partial charge < -0.3 is 14.6 Å². The van der Waals surface area contributed by atoms with Crippen LogP contribution >= 0.6 is 15.9 Å². The number of nitrogens with one attached hydrogen (secondary N) is 1. The van der Waals surface area contributed by atoms with Crippen molar-refractivity contribution in [3.63, 3.8) is 0 Å². The van der Waals surface area contributed by atoms with Crippen LogP contribution in [0.3, 0.4) is 0 Å². The summed E-state index contributed by atoms with van der Waals surface area (Å²) < 4.78 is 38.1. The molecule has 0 spiro atoms. The van der Waals surface area contributed by atoms with E-state index >= 15 is 0 Å². The van der Waals surface area contributed by atoms with Crippen LogP contribution in [0.2, 0.25) is 0 Å². The molecule has 1 heterocycles. The number of aliphatic hydroxyl groups is 1. The lowest BCUT2D eigenvalue weighted by Crippen LogP contribution is -2.25. The number of benzene rings is 2. The molecule has 1 atom stereocenters. The van der Waals surface area contributed by atoms with E-state index in [0.717, 1.165) is 4.47 Å². The molecule has 0 aliphatic carbocycles. The summed E-state index contributed by atoms with van der Waals surface area (Å²) in [6.45, 7) is 0.288. The summed E-state index contributed by atoms with van der Waals surface area (Å²) in [4.78, 5) is 0.184. The summed E-state index contributed by atoms with van der Waals surface area (Å²) in [5.41, 5.74) is 0.655. The molecule has 1 unspecified atom stereocenters. The number of rotatable bonds is 6. The van der Waals surface area contributed by atoms with Crippen LogP contribution in [-0.2, 0) is 10.0 Å². The van der Waals surface area contributed by atoms with Crippen LogP contribution in [0.4, 0.5) is 0 Å². The van der Waals surface area contributed by atoms with Crippen LogP contribution < -0.4 is 14.2 Å². The Morgan fingerprint density at radius 2 is 1.83 bits per heavy atom. The molecule has 2 N–H and O–H groups in total. The zero-order valence-electron chi connectivity index (χ0n) is 12.6.